The number of hydrogen-bond donors (Lipinski definition) is 0. The van der Waals surface area contributed by atoms with Crippen molar-refractivity contribution in [2.75, 3.05) is 0 Å². The number of imide groups is 1. The molecule has 7 heteroatoms. The molecule has 4 aliphatic rings. The number of hydrazone groups is 1. The van der Waals surface area contributed by atoms with Gasteiger partial charge in [0.05, 0.1) is 23.1 Å². The molecular weight excluding hydrogens is 495 g/mol. The van der Waals surface area contributed by atoms with Gasteiger partial charge in [-0.1, -0.05) is 71.7 Å². The number of carbonyl (C=O) groups is 2. The van der Waals surface area contributed by atoms with Crippen LogP contribution in [0.25, 0.3) is 11.3 Å². The van der Waals surface area contributed by atoms with E-state index in [9.17, 15) is 9.59 Å². The monoisotopic (exact) mass is 512 g/mol. The van der Waals surface area contributed by atoms with Crippen LogP contribution < -0.4 is 0 Å². The van der Waals surface area contributed by atoms with Gasteiger partial charge in [0.2, 0.25) is 0 Å². The number of amides is 2. The zero-order chi connectivity index (χ0) is 24.6. The standard InChI is InChI=1S/C29H18Cl2N2O3/c30-15-9-11-22(31)21(13-15)23-12-10-16(36-23)14-32-33-28(34)26-24-17-5-1-2-6-18(17)25(27(26)29(33)35)20-8-4-3-7-19(20)24/h1-14,24-27H/b32-14-/t24?,25?,26-,27-/m1/s1. The lowest BCUT2D eigenvalue weighted by molar-refractivity contribution is -0.139. The fraction of sp³-hybridized carbons (Fsp3) is 0.138. The number of furan rings is 1. The first-order valence-electron chi connectivity index (χ1n) is 11.7. The average molecular weight is 513 g/mol. The molecule has 0 spiro atoms. The number of halogens is 2. The molecule has 36 heavy (non-hydrogen) atoms. The van der Waals surface area contributed by atoms with Gasteiger partial charge in [-0.25, -0.2) is 0 Å². The summed E-state index contributed by atoms with van der Waals surface area (Å²) in [6.07, 6.45) is 1.40. The highest BCUT2D eigenvalue weighted by molar-refractivity contribution is 6.35. The Morgan fingerprint density at radius 3 is 1.86 bits per heavy atom. The quantitative estimate of drug-likeness (QED) is 0.233. The summed E-state index contributed by atoms with van der Waals surface area (Å²) in [5.41, 5.74) is 5.16. The van der Waals surface area contributed by atoms with Gasteiger partial charge >= 0.3 is 0 Å². The fourth-order valence-corrected chi connectivity index (χ4v) is 6.53. The van der Waals surface area contributed by atoms with Crippen LogP contribution in [0.5, 0.6) is 0 Å². The zero-order valence-electron chi connectivity index (χ0n) is 18.8. The Bertz CT molecular complexity index is 1490. The van der Waals surface area contributed by atoms with Gasteiger partial charge in [-0.3, -0.25) is 9.59 Å². The van der Waals surface area contributed by atoms with E-state index in [0.29, 0.717) is 27.1 Å². The molecule has 1 fully saturated rings. The predicted octanol–water partition coefficient (Wildman–Crippen LogP) is 6.48. The highest BCUT2D eigenvalue weighted by Crippen LogP contribution is 2.60. The minimum atomic E-state index is -0.470. The van der Waals surface area contributed by atoms with Crippen LogP contribution in [0.4, 0.5) is 0 Å². The fourth-order valence-electron chi connectivity index (χ4n) is 6.14. The first-order valence-corrected chi connectivity index (χ1v) is 12.4. The van der Waals surface area contributed by atoms with E-state index in [0.717, 1.165) is 27.3 Å². The van der Waals surface area contributed by atoms with Gasteiger partial charge in [-0.2, -0.15) is 10.1 Å². The minimum absolute atomic E-state index is 0.163. The zero-order valence-corrected chi connectivity index (χ0v) is 20.3. The van der Waals surface area contributed by atoms with Crippen molar-refractivity contribution in [1.29, 1.82) is 0 Å². The molecule has 176 valence electrons. The molecule has 0 saturated carbocycles. The maximum Gasteiger partial charge on any atom is 0.254 e. The molecule has 2 heterocycles. The number of hydrogen-bond acceptors (Lipinski definition) is 4. The molecule has 3 aromatic carbocycles. The van der Waals surface area contributed by atoms with Crippen molar-refractivity contribution in [1.82, 2.24) is 5.01 Å². The summed E-state index contributed by atoms with van der Waals surface area (Å²) in [5, 5.41) is 6.37. The average Bonchev–Trinajstić information content (AvgIpc) is 3.47. The molecule has 2 atom stereocenters. The molecule has 1 saturated heterocycles. The molecule has 0 N–H and O–H groups in total. The van der Waals surface area contributed by atoms with Crippen molar-refractivity contribution in [2.45, 2.75) is 11.8 Å². The summed E-state index contributed by atoms with van der Waals surface area (Å²) in [6.45, 7) is 0. The first kappa shape index (κ1) is 21.6. The number of rotatable bonds is 3. The second kappa shape index (κ2) is 7.92. The molecule has 8 rings (SSSR count). The van der Waals surface area contributed by atoms with E-state index in [1.54, 1.807) is 30.3 Å². The maximum absolute atomic E-state index is 13.6. The molecule has 1 aliphatic heterocycles. The summed E-state index contributed by atoms with van der Waals surface area (Å²) >= 11 is 12.4. The van der Waals surface area contributed by atoms with Gasteiger partial charge in [-0.05, 0) is 52.6 Å². The van der Waals surface area contributed by atoms with E-state index in [1.165, 1.54) is 6.21 Å². The Balaban J connectivity index is 1.24. The van der Waals surface area contributed by atoms with Crippen LogP contribution in [0, 0.1) is 11.8 Å². The van der Waals surface area contributed by atoms with Crippen LogP contribution in [-0.2, 0) is 9.59 Å². The van der Waals surface area contributed by atoms with Crippen molar-refractivity contribution < 1.29 is 14.0 Å². The van der Waals surface area contributed by atoms with Crippen molar-refractivity contribution >= 4 is 41.2 Å². The van der Waals surface area contributed by atoms with Crippen molar-refractivity contribution in [2.24, 2.45) is 16.9 Å². The van der Waals surface area contributed by atoms with Crippen molar-refractivity contribution in [3.8, 4) is 11.3 Å². The van der Waals surface area contributed by atoms with Gasteiger partial charge in [0.15, 0.2) is 0 Å². The Morgan fingerprint density at radius 2 is 1.31 bits per heavy atom. The van der Waals surface area contributed by atoms with Crippen LogP contribution in [0.1, 0.15) is 39.8 Å². The first-order chi connectivity index (χ1) is 17.5. The lowest BCUT2D eigenvalue weighted by Gasteiger charge is -2.45. The largest absolute Gasteiger partial charge is 0.455 e. The van der Waals surface area contributed by atoms with Gasteiger partial charge in [-0.15, -0.1) is 0 Å². The van der Waals surface area contributed by atoms with E-state index in [-0.39, 0.29) is 23.7 Å². The molecule has 0 radical (unpaired) electrons. The molecule has 0 unspecified atom stereocenters. The Morgan fingerprint density at radius 1 is 0.750 bits per heavy atom. The minimum Gasteiger partial charge on any atom is -0.455 e. The summed E-state index contributed by atoms with van der Waals surface area (Å²) in [4.78, 5) is 27.2. The molecule has 1 aromatic heterocycles. The van der Waals surface area contributed by atoms with E-state index in [1.807, 2.05) is 24.3 Å². The third kappa shape index (κ3) is 3.00. The topological polar surface area (TPSA) is 62.9 Å². The lowest BCUT2D eigenvalue weighted by atomic mass is 9.55. The van der Waals surface area contributed by atoms with Gasteiger partial charge < -0.3 is 4.42 Å². The second-order valence-electron chi connectivity index (χ2n) is 9.32. The van der Waals surface area contributed by atoms with Crippen LogP contribution >= 0.6 is 23.2 Å². The van der Waals surface area contributed by atoms with Crippen LogP contribution in [0.3, 0.4) is 0 Å². The normalized spacial score (nSPS) is 23.8. The maximum atomic E-state index is 13.6. The number of benzene rings is 3. The SMILES string of the molecule is O=C1[C@@H]2C3c4ccccc4C(c4ccccc43)[C@H]2C(=O)N1/N=C\c1ccc(-c2cc(Cl)ccc2Cl)o1. The molecule has 5 nitrogen and oxygen atoms in total. The smallest absolute Gasteiger partial charge is 0.254 e. The Labute approximate surface area is 216 Å². The van der Waals surface area contributed by atoms with Crippen LogP contribution in [0.15, 0.2) is 88.4 Å². The summed E-state index contributed by atoms with van der Waals surface area (Å²) in [7, 11) is 0. The number of nitrogens with zero attached hydrogens (tertiary/aromatic N) is 2. The van der Waals surface area contributed by atoms with Crippen LogP contribution in [0.2, 0.25) is 10.0 Å². The summed E-state index contributed by atoms with van der Waals surface area (Å²) in [5.74, 6) is -0.904. The van der Waals surface area contributed by atoms with Gasteiger partial charge in [0.1, 0.15) is 11.5 Å². The van der Waals surface area contributed by atoms with E-state index in [2.05, 4.69) is 29.4 Å². The molecule has 2 bridgehead atoms. The molecule has 2 amide bonds. The molecule has 3 aliphatic carbocycles. The highest BCUT2D eigenvalue weighted by Gasteiger charge is 2.61. The molecule has 4 aromatic rings. The second-order valence-corrected chi connectivity index (χ2v) is 10.2. The van der Waals surface area contributed by atoms with E-state index < -0.39 is 11.8 Å². The predicted molar refractivity (Wildman–Crippen MR) is 137 cm³/mol. The van der Waals surface area contributed by atoms with Crippen LogP contribution in [-0.4, -0.2) is 23.0 Å². The molecular formula is C29H18Cl2N2O3. The van der Waals surface area contributed by atoms with E-state index in [4.69, 9.17) is 27.6 Å². The summed E-state index contributed by atoms with van der Waals surface area (Å²) in [6, 6.07) is 24.9. The lowest BCUT2D eigenvalue weighted by Crippen LogP contribution is -2.41. The third-order valence-electron chi connectivity index (χ3n) is 7.55. The number of carbonyl (C=O) groups excluding carboxylic acids is 2. The van der Waals surface area contributed by atoms with E-state index >= 15 is 0 Å². The van der Waals surface area contributed by atoms with Crippen molar-refractivity contribution in [3.05, 3.63) is 117 Å². The highest BCUT2D eigenvalue weighted by atomic mass is 35.5. The van der Waals surface area contributed by atoms with Gasteiger partial charge in [0.25, 0.3) is 11.8 Å². The van der Waals surface area contributed by atoms with Gasteiger partial charge in [0, 0.05) is 22.4 Å². The van der Waals surface area contributed by atoms with Crippen molar-refractivity contribution in [3.63, 3.8) is 0 Å². The Hall–Kier alpha value is -3.67. The Kier molecular flexibility index (Phi) is 4.75. The summed E-state index contributed by atoms with van der Waals surface area (Å²) < 4.78 is 5.87. The third-order valence-corrected chi connectivity index (χ3v) is 8.11.